The van der Waals surface area contributed by atoms with Crippen LogP contribution in [-0.4, -0.2) is 25.3 Å². The normalized spacial score (nSPS) is 12.0. The van der Waals surface area contributed by atoms with Crippen LogP contribution in [0.25, 0.3) is 10.9 Å². The van der Waals surface area contributed by atoms with E-state index in [1.165, 1.54) is 22.9 Å². The monoisotopic (exact) mass is 502 g/mol. The van der Waals surface area contributed by atoms with Crippen LogP contribution in [0.3, 0.4) is 0 Å². The van der Waals surface area contributed by atoms with Gasteiger partial charge in [-0.2, -0.15) is 0 Å². The Balaban J connectivity index is 1.54. The molecule has 0 spiro atoms. The number of ether oxygens (including phenoxy) is 1. The summed E-state index contributed by atoms with van der Waals surface area (Å²) in [5, 5.41) is 3.09. The first kappa shape index (κ1) is 24.3. The highest BCUT2D eigenvalue weighted by Gasteiger charge is 2.31. The van der Waals surface area contributed by atoms with Gasteiger partial charge in [-0.05, 0) is 42.8 Å². The number of alkyl halides is 3. The number of hydrogen-bond acceptors (Lipinski definition) is 4. The average Bonchev–Trinajstić information content (AvgIpc) is 3.15. The summed E-state index contributed by atoms with van der Waals surface area (Å²) in [5.74, 6) is -1.06. The van der Waals surface area contributed by atoms with Gasteiger partial charge in [-0.1, -0.05) is 48.0 Å². The minimum atomic E-state index is -4.81. The largest absolute Gasteiger partial charge is 0.573 e. The van der Waals surface area contributed by atoms with Crippen molar-refractivity contribution in [2.75, 3.05) is 5.32 Å². The summed E-state index contributed by atoms with van der Waals surface area (Å²) < 4.78 is 68.7. The summed E-state index contributed by atoms with van der Waals surface area (Å²) in [7, 11) is -3.70. The van der Waals surface area contributed by atoms with Crippen LogP contribution in [0.15, 0.2) is 83.9 Å². The van der Waals surface area contributed by atoms with E-state index in [4.69, 9.17) is 0 Å². The van der Waals surface area contributed by atoms with Crippen molar-refractivity contribution in [3.8, 4) is 5.75 Å². The molecule has 4 rings (SSSR count). The molecule has 0 bridgehead atoms. The first-order valence-corrected chi connectivity index (χ1v) is 12.2. The van der Waals surface area contributed by atoms with E-state index in [0.29, 0.717) is 16.5 Å². The highest BCUT2D eigenvalue weighted by molar-refractivity contribution is 7.90. The van der Waals surface area contributed by atoms with Gasteiger partial charge in [-0.25, -0.2) is 8.42 Å². The van der Waals surface area contributed by atoms with E-state index in [1.807, 2.05) is 19.1 Å². The molecule has 0 fully saturated rings. The Kier molecular flexibility index (Phi) is 6.58. The molecule has 0 saturated heterocycles. The third-order valence-corrected chi connectivity index (χ3v) is 6.96. The molecule has 0 aliphatic heterocycles. The zero-order valence-corrected chi connectivity index (χ0v) is 19.4. The fourth-order valence-electron chi connectivity index (χ4n) is 3.67. The summed E-state index contributed by atoms with van der Waals surface area (Å²) in [6.07, 6.45) is -3.37. The van der Waals surface area contributed by atoms with Gasteiger partial charge >= 0.3 is 6.36 Å². The Labute approximate surface area is 199 Å². The molecule has 0 unspecified atom stereocenters. The lowest BCUT2D eigenvalue weighted by Crippen LogP contribution is -2.19. The molecule has 6 nitrogen and oxygen atoms in total. The summed E-state index contributed by atoms with van der Waals surface area (Å²) in [5.41, 5.74) is 2.52. The van der Waals surface area contributed by atoms with Gasteiger partial charge in [0.1, 0.15) is 12.3 Å². The van der Waals surface area contributed by atoms with Gasteiger partial charge in [-0.3, -0.25) is 4.79 Å². The first-order chi connectivity index (χ1) is 16.5. The molecule has 4 aromatic rings. The van der Waals surface area contributed by atoms with Crippen LogP contribution in [0, 0.1) is 6.92 Å². The van der Waals surface area contributed by atoms with Crippen LogP contribution in [0.5, 0.6) is 5.75 Å². The van der Waals surface area contributed by atoms with Crippen molar-refractivity contribution < 1.29 is 31.1 Å². The molecular formula is C25H21F3N2O4S. The summed E-state index contributed by atoms with van der Waals surface area (Å²) in [6.45, 7) is 1.73. The van der Waals surface area contributed by atoms with Crippen molar-refractivity contribution >= 4 is 32.3 Å². The van der Waals surface area contributed by atoms with Crippen LogP contribution in [-0.2, 0) is 26.9 Å². The number of aromatic nitrogens is 1. The number of nitrogens with one attached hydrogen (secondary N) is 1. The van der Waals surface area contributed by atoms with E-state index < -0.39 is 27.9 Å². The topological polar surface area (TPSA) is 77.4 Å². The second-order valence-electron chi connectivity index (χ2n) is 8.00. The maximum absolute atomic E-state index is 13.2. The molecule has 1 aromatic heterocycles. The number of benzene rings is 3. The van der Waals surface area contributed by atoms with Gasteiger partial charge in [0.05, 0.1) is 10.6 Å². The molecule has 35 heavy (non-hydrogen) atoms. The molecule has 1 amide bonds. The van der Waals surface area contributed by atoms with Gasteiger partial charge in [0.2, 0.25) is 5.91 Å². The van der Waals surface area contributed by atoms with Crippen LogP contribution in [0.4, 0.5) is 18.9 Å². The number of carbonyl (C=O) groups is 1. The van der Waals surface area contributed by atoms with Crippen molar-refractivity contribution in [3.63, 3.8) is 0 Å². The van der Waals surface area contributed by atoms with Gasteiger partial charge in [0.25, 0.3) is 0 Å². The minimum absolute atomic E-state index is 0.120. The molecule has 10 heteroatoms. The third kappa shape index (κ3) is 6.02. The lowest BCUT2D eigenvalue weighted by Gasteiger charge is -2.10. The highest BCUT2D eigenvalue weighted by atomic mass is 32.2. The molecule has 182 valence electrons. The number of nitrogens with zero attached hydrogens (tertiary/aromatic N) is 1. The van der Waals surface area contributed by atoms with Gasteiger partial charge < -0.3 is 14.6 Å². The second-order valence-corrected chi connectivity index (χ2v) is 9.96. The second kappa shape index (κ2) is 9.46. The number of amides is 1. The highest BCUT2D eigenvalue weighted by Crippen LogP contribution is 2.28. The standard InChI is InChI=1S/C25H21F3N2O4S/c1-17-6-8-18(9-7-17)16-35(32,33)23-14-30(22-5-3-2-4-21(22)23)15-24(31)29-19-10-12-20(13-11-19)34-25(26,27)28/h2-14H,15-16H2,1H3,(H,29,31). The fourth-order valence-corrected chi connectivity index (χ4v) is 5.25. The molecule has 0 atom stereocenters. The minimum Gasteiger partial charge on any atom is -0.406 e. The van der Waals surface area contributed by atoms with Crippen LogP contribution in [0.1, 0.15) is 11.1 Å². The van der Waals surface area contributed by atoms with E-state index in [9.17, 15) is 26.4 Å². The van der Waals surface area contributed by atoms with Crippen molar-refractivity contribution in [2.45, 2.75) is 30.5 Å². The quantitative estimate of drug-likeness (QED) is 0.364. The Bertz CT molecular complexity index is 1460. The molecule has 0 aliphatic carbocycles. The predicted molar refractivity (Wildman–Crippen MR) is 126 cm³/mol. The van der Waals surface area contributed by atoms with Crippen LogP contribution in [0.2, 0.25) is 0 Å². The number of sulfone groups is 1. The van der Waals surface area contributed by atoms with E-state index in [0.717, 1.165) is 17.7 Å². The maximum atomic E-state index is 13.2. The number of halogens is 3. The average molecular weight is 503 g/mol. The zero-order chi connectivity index (χ0) is 25.2. The predicted octanol–water partition coefficient (Wildman–Crippen LogP) is 5.46. The van der Waals surface area contributed by atoms with Crippen molar-refractivity contribution in [1.29, 1.82) is 0 Å². The third-order valence-electron chi connectivity index (χ3n) is 5.25. The number of para-hydroxylation sites is 1. The molecule has 3 aromatic carbocycles. The van der Waals surface area contributed by atoms with Crippen molar-refractivity contribution in [2.24, 2.45) is 0 Å². The number of rotatable bonds is 7. The number of anilines is 1. The maximum Gasteiger partial charge on any atom is 0.573 e. The van der Waals surface area contributed by atoms with E-state index in [2.05, 4.69) is 10.1 Å². The fraction of sp³-hybridized carbons (Fsp3) is 0.160. The lowest BCUT2D eigenvalue weighted by atomic mass is 10.2. The Morgan fingerprint density at radius 3 is 2.29 bits per heavy atom. The SMILES string of the molecule is Cc1ccc(CS(=O)(=O)c2cn(CC(=O)Nc3ccc(OC(F)(F)F)cc3)c3ccccc23)cc1. The zero-order valence-electron chi connectivity index (χ0n) is 18.5. The van der Waals surface area contributed by atoms with E-state index in [-0.39, 0.29) is 22.9 Å². The first-order valence-electron chi connectivity index (χ1n) is 10.5. The Hall–Kier alpha value is -3.79. The molecule has 0 aliphatic rings. The van der Waals surface area contributed by atoms with E-state index in [1.54, 1.807) is 36.4 Å². The Morgan fingerprint density at radius 1 is 0.971 bits per heavy atom. The molecule has 0 radical (unpaired) electrons. The number of aryl methyl sites for hydroxylation is 1. The summed E-state index contributed by atoms with van der Waals surface area (Å²) >= 11 is 0. The summed E-state index contributed by atoms with van der Waals surface area (Å²) in [4.78, 5) is 12.7. The van der Waals surface area contributed by atoms with E-state index >= 15 is 0 Å². The summed E-state index contributed by atoms with van der Waals surface area (Å²) in [6, 6.07) is 18.8. The van der Waals surface area contributed by atoms with Gasteiger partial charge in [-0.15, -0.1) is 13.2 Å². The smallest absolute Gasteiger partial charge is 0.406 e. The van der Waals surface area contributed by atoms with Crippen molar-refractivity contribution in [1.82, 2.24) is 4.57 Å². The van der Waals surface area contributed by atoms with Crippen molar-refractivity contribution in [3.05, 3.63) is 90.1 Å². The van der Waals surface area contributed by atoms with Gasteiger partial charge in [0, 0.05) is 22.8 Å². The number of carbonyl (C=O) groups excluding carboxylic acids is 1. The molecule has 0 saturated carbocycles. The number of hydrogen-bond donors (Lipinski definition) is 1. The molecular weight excluding hydrogens is 481 g/mol. The molecule has 1 heterocycles. The van der Waals surface area contributed by atoms with Crippen LogP contribution < -0.4 is 10.1 Å². The Morgan fingerprint density at radius 2 is 1.63 bits per heavy atom. The van der Waals surface area contributed by atoms with Crippen LogP contribution >= 0.6 is 0 Å². The molecule has 1 N–H and O–H groups in total. The van der Waals surface area contributed by atoms with Gasteiger partial charge in [0.15, 0.2) is 9.84 Å². The lowest BCUT2D eigenvalue weighted by molar-refractivity contribution is -0.274. The number of fused-ring (bicyclic) bond motifs is 1.